The number of hydrogen-bond acceptors (Lipinski definition) is 2. The number of rotatable bonds is 18. The molecule has 0 aromatic rings. The highest BCUT2D eigenvalue weighted by molar-refractivity contribution is 4.48. The maximum atomic E-state index is 5.69. The van der Waals surface area contributed by atoms with Crippen molar-refractivity contribution >= 4 is 0 Å². The molecular formula is C20H42O2. The molecule has 0 fully saturated rings. The summed E-state index contributed by atoms with van der Waals surface area (Å²) in [5.41, 5.74) is 0. The first-order valence-corrected chi connectivity index (χ1v) is 9.96. The number of ether oxygens (including phenoxy) is 2. The summed E-state index contributed by atoms with van der Waals surface area (Å²) in [5, 5.41) is 0. The van der Waals surface area contributed by atoms with Gasteiger partial charge in [-0.3, -0.25) is 0 Å². The minimum atomic E-state index is 0.368. The summed E-state index contributed by atoms with van der Waals surface area (Å²) >= 11 is 0. The summed E-state index contributed by atoms with van der Waals surface area (Å²) in [6, 6.07) is 0. The zero-order valence-electron chi connectivity index (χ0n) is 15.7. The highest BCUT2D eigenvalue weighted by atomic mass is 16.5. The second-order valence-corrected chi connectivity index (χ2v) is 6.77. The van der Waals surface area contributed by atoms with Gasteiger partial charge in [-0.1, -0.05) is 64.7 Å². The third kappa shape index (κ3) is 19.9. The van der Waals surface area contributed by atoms with Gasteiger partial charge in [0.1, 0.15) is 0 Å². The molecule has 0 spiro atoms. The van der Waals surface area contributed by atoms with E-state index in [1.165, 1.54) is 83.5 Å². The van der Waals surface area contributed by atoms with Crippen LogP contribution in [0.4, 0.5) is 0 Å². The van der Waals surface area contributed by atoms with Crippen molar-refractivity contribution in [2.75, 3.05) is 19.8 Å². The largest absolute Gasteiger partial charge is 0.381 e. The minimum absolute atomic E-state index is 0.368. The predicted octanol–water partition coefficient (Wildman–Crippen LogP) is 6.52. The van der Waals surface area contributed by atoms with E-state index < -0.39 is 0 Å². The lowest BCUT2D eigenvalue weighted by Crippen LogP contribution is -2.04. The number of hydrogen-bond donors (Lipinski definition) is 0. The SMILES string of the molecule is CCCCCCCCCCCCOCCCCCOC(C)C. The molecule has 0 aliphatic heterocycles. The van der Waals surface area contributed by atoms with Gasteiger partial charge in [-0.05, 0) is 39.5 Å². The fraction of sp³-hybridized carbons (Fsp3) is 1.00. The van der Waals surface area contributed by atoms with Gasteiger partial charge in [-0.2, -0.15) is 0 Å². The predicted molar refractivity (Wildman–Crippen MR) is 97.6 cm³/mol. The van der Waals surface area contributed by atoms with Crippen molar-refractivity contribution in [3.05, 3.63) is 0 Å². The summed E-state index contributed by atoms with van der Waals surface area (Å²) in [6.07, 6.45) is 17.9. The van der Waals surface area contributed by atoms with E-state index in [4.69, 9.17) is 9.47 Å². The first-order chi connectivity index (χ1) is 10.8. The molecule has 0 N–H and O–H groups in total. The lowest BCUT2D eigenvalue weighted by atomic mass is 10.1. The lowest BCUT2D eigenvalue weighted by molar-refractivity contribution is 0.0726. The topological polar surface area (TPSA) is 18.5 Å². The molecule has 0 aromatic carbocycles. The van der Waals surface area contributed by atoms with Crippen LogP contribution in [0.25, 0.3) is 0 Å². The molecule has 134 valence electrons. The summed E-state index contributed by atoms with van der Waals surface area (Å²) < 4.78 is 11.2. The van der Waals surface area contributed by atoms with E-state index in [1.807, 2.05) is 0 Å². The molecular weight excluding hydrogens is 272 g/mol. The Hall–Kier alpha value is -0.0800. The lowest BCUT2D eigenvalue weighted by Gasteiger charge is -2.07. The van der Waals surface area contributed by atoms with Gasteiger partial charge in [0.25, 0.3) is 0 Å². The van der Waals surface area contributed by atoms with Crippen LogP contribution in [0, 0.1) is 0 Å². The minimum Gasteiger partial charge on any atom is -0.381 e. The van der Waals surface area contributed by atoms with Gasteiger partial charge < -0.3 is 9.47 Å². The van der Waals surface area contributed by atoms with E-state index in [-0.39, 0.29) is 0 Å². The molecule has 0 radical (unpaired) electrons. The molecule has 0 rings (SSSR count). The number of unbranched alkanes of at least 4 members (excludes halogenated alkanes) is 11. The molecule has 0 atom stereocenters. The van der Waals surface area contributed by atoms with Gasteiger partial charge in [0.05, 0.1) is 6.10 Å². The quantitative estimate of drug-likeness (QED) is 0.268. The highest BCUT2D eigenvalue weighted by Crippen LogP contribution is 2.10. The van der Waals surface area contributed by atoms with Crippen LogP contribution < -0.4 is 0 Å². The molecule has 0 aromatic heterocycles. The fourth-order valence-corrected chi connectivity index (χ4v) is 2.60. The van der Waals surface area contributed by atoms with Crippen LogP contribution in [0.5, 0.6) is 0 Å². The van der Waals surface area contributed by atoms with Crippen LogP contribution in [0.15, 0.2) is 0 Å². The highest BCUT2D eigenvalue weighted by Gasteiger charge is 1.95. The first kappa shape index (κ1) is 21.9. The second-order valence-electron chi connectivity index (χ2n) is 6.77. The van der Waals surface area contributed by atoms with Gasteiger partial charge in [-0.25, -0.2) is 0 Å². The third-order valence-electron chi connectivity index (χ3n) is 4.03. The van der Waals surface area contributed by atoms with E-state index in [9.17, 15) is 0 Å². The van der Waals surface area contributed by atoms with Crippen molar-refractivity contribution in [3.8, 4) is 0 Å². The Labute approximate surface area is 140 Å². The normalized spacial score (nSPS) is 11.5. The summed E-state index contributed by atoms with van der Waals surface area (Å²) in [7, 11) is 0. The average Bonchev–Trinajstić information content (AvgIpc) is 2.50. The Morgan fingerprint density at radius 3 is 1.45 bits per heavy atom. The van der Waals surface area contributed by atoms with E-state index in [2.05, 4.69) is 20.8 Å². The van der Waals surface area contributed by atoms with Crippen LogP contribution in [0.3, 0.4) is 0 Å². The van der Waals surface area contributed by atoms with Gasteiger partial charge >= 0.3 is 0 Å². The molecule has 22 heavy (non-hydrogen) atoms. The van der Waals surface area contributed by atoms with Crippen LogP contribution in [0.2, 0.25) is 0 Å². The molecule has 0 amide bonds. The van der Waals surface area contributed by atoms with E-state index in [0.29, 0.717) is 6.10 Å². The Morgan fingerprint density at radius 1 is 0.545 bits per heavy atom. The Kier molecular flexibility index (Phi) is 18.9. The Balaban J connectivity index is 2.94. The Morgan fingerprint density at radius 2 is 0.955 bits per heavy atom. The zero-order chi connectivity index (χ0) is 16.3. The first-order valence-electron chi connectivity index (χ1n) is 9.96. The smallest absolute Gasteiger partial charge is 0.0518 e. The summed E-state index contributed by atoms with van der Waals surface area (Å²) in [4.78, 5) is 0. The zero-order valence-corrected chi connectivity index (χ0v) is 15.7. The van der Waals surface area contributed by atoms with Crippen molar-refractivity contribution in [2.45, 2.75) is 110 Å². The molecule has 0 bridgehead atoms. The Bertz CT molecular complexity index is 192. The van der Waals surface area contributed by atoms with Crippen LogP contribution >= 0.6 is 0 Å². The summed E-state index contributed by atoms with van der Waals surface area (Å²) in [5.74, 6) is 0. The van der Waals surface area contributed by atoms with E-state index in [0.717, 1.165) is 19.8 Å². The average molecular weight is 315 g/mol. The molecule has 2 nitrogen and oxygen atoms in total. The summed E-state index contributed by atoms with van der Waals surface area (Å²) in [6.45, 7) is 9.25. The van der Waals surface area contributed by atoms with Crippen LogP contribution in [-0.4, -0.2) is 25.9 Å². The van der Waals surface area contributed by atoms with Crippen molar-refractivity contribution in [1.29, 1.82) is 0 Å². The van der Waals surface area contributed by atoms with Gasteiger partial charge in [0.15, 0.2) is 0 Å². The third-order valence-corrected chi connectivity index (χ3v) is 4.03. The maximum absolute atomic E-state index is 5.69. The van der Waals surface area contributed by atoms with Gasteiger partial charge in [0.2, 0.25) is 0 Å². The van der Waals surface area contributed by atoms with Crippen molar-refractivity contribution in [1.82, 2.24) is 0 Å². The molecule has 0 unspecified atom stereocenters. The molecule has 0 saturated heterocycles. The monoisotopic (exact) mass is 314 g/mol. The van der Waals surface area contributed by atoms with E-state index >= 15 is 0 Å². The standard InChI is InChI=1S/C20H42O2/c1-4-5-6-7-8-9-10-11-12-14-17-21-18-15-13-16-19-22-20(2)3/h20H,4-19H2,1-3H3. The van der Waals surface area contributed by atoms with Crippen molar-refractivity contribution < 1.29 is 9.47 Å². The second kappa shape index (κ2) is 19.0. The molecule has 0 aliphatic rings. The molecule has 2 heteroatoms. The molecule has 0 saturated carbocycles. The van der Waals surface area contributed by atoms with Crippen LogP contribution in [-0.2, 0) is 9.47 Å². The fourth-order valence-electron chi connectivity index (χ4n) is 2.60. The van der Waals surface area contributed by atoms with E-state index in [1.54, 1.807) is 0 Å². The van der Waals surface area contributed by atoms with Crippen molar-refractivity contribution in [3.63, 3.8) is 0 Å². The maximum Gasteiger partial charge on any atom is 0.0518 e. The van der Waals surface area contributed by atoms with Gasteiger partial charge in [0, 0.05) is 19.8 Å². The molecule has 0 heterocycles. The van der Waals surface area contributed by atoms with Crippen LogP contribution in [0.1, 0.15) is 104 Å². The van der Waals surface area contributed by atoms with Gasteiger partial charge in [-0.15, -0.1) is 0 Å². The molecule has 0 aliphatic carbocycles. The van der Waals surface area contributed by atoms with Crippen molar-refractivity contribution in [2.24, 2.45) is 0 Å².